The predicted molar refractivity (Wildman–Crippen MR) is 148 cm³/mol. The molecule has 0 N–H and O–H groups in total. The molecular formula is C30H25ClF2N2O4. The van der Waals surface area contributed by atoms with Gasteiger partial charge in [-0.15, -0.1) is 0 Å². The Kier molecular flexibility index (Phi) is 8.78. The van der Waals surface area contributed by atoms with Crippen LogP contribution >= 0.6 is 11.6 Å². The van der Waals surface area contributed by atoms with Gasteiger partial charge in [0, 0.05) is 42.5 Å². The van der Waals surface area contributed by atoms with Crippen molar-refractivity contribution in [1.82, 2.24) is 0 Å². The number of halogens is 3. The molecule has 0 aromatic heterocycles. The van der Waals surface area contributed by atoms with Crippen molar-refractivity contribution >= 4 is 23.0 Å². The molecule has 0 aliphatic rings. The molecule has 4 aromatic rings. The fourth-order valence-corrected chi connectivity index (χ4v) is 4.23. The third-order valence-electron chi connectivity index (χ3n) is 5.98. The van der Waals surface area contributed by atoms with E-state index in [0.29, 0.717) is 46.7 Å². The summed E-state index contributed by atoms with van der Waals surface area (Å²) in [6, 6.07) is 20.5. The van der Waals surface area contributed by atoms with Crippen molar-refractivity contribution in [3.05, 3.63) is 135 Å². The Morgan fingerprint density at radius 1 is 1.00 bits per heavy atom. The lowest BCUT2D eigenvalue weighted by atomic mass is 10.1. The van der Waals surface area contributed by atoms with Crippen LogP contribution in [0.3, 0.4) is 0 Å². The van der Waals surface area contributed by atoms with Gasteiger partial charge in [0.2, 0.25) is 0 Å². The summed E-state index contributed by atoms with van der Waals surface area (Å²) in [5.41, 5.74) is 2.09. The van der Waals surface area contributed by atoms with Crippen LogP contribution in [0.1, 0.15) is 16.7 Å². The van der Waals surface area contributed by atoms with Crippen LogP contribution in [0.25, 0.3) is 0 Å². The van der Waals surface area contributed by atoms with Crippen LogP contribution in [0, 0.1) is 28.7 Å². The monoisotopic (exact) mass is 550 g/mol. The summed E-state index contributed by atoms with van der Waals surface area (Å²) in [6.45, 7) is 5.96. The Labute approximate surface area is 229 Å². The molecule has 0 unspecified atom stereocenters. The largest absolute Gasteiger partial charge is 0.488 e. The average Bonchev–Trinajstić information content (AvgIpc) is 2.91. The molecular weight excluding hydrogens is 526 g/mol. The van der Waals surface area contributed by atoms with Gasteiger partial charge < -0.3 is 14.4 Å². The summed E-state index contributed by atoms with van der Waals surface area (Å²) in [5, 5.41) is 12.0. The van der Waals surface area contributed by atoms with E-state index in [1.165, 1.54) is 18.2 Å². The molecule has 4 aromatic carbocycles. The van der Waals surface area contributed by atoms with Crippen LogP contribution in [0.2, 0.25) is 5.02 Å². The SMILES string of the molecule is C=CCOc1cc(Oc2ccc(CN(Cc3ccc(F)cc3F)c3cccc([N+](=O)[O-])c3C)cc2)ccc1Cl. The van der Waals surface area contributed by atoms with Crippen LogP contribution in [0.15, 0.2) is 91.5 Å². The molecule has 39 heavy (non-hydrogen) atoms. The molecule has 0 aliphatic carbocycles. The maximum Gasteiger partial charge on any atom is 0.274 e. The van der Waals surface area contributed by atoms with E-state index < -0.39 is 16.6 Å². The Bertz CT molecular complexity index is 1500. The van der Waals surface area contributed by atoms with E-state index >= 15 is 0 Å². The molecule has 200 valence electrons. The smallest absolute Gasteiger partial charge is 0.274 e. The Morgan fingerprint density at radius 2 is 1.74 bits per heavy atom. The number of nitrogens with zero attached hydrogens (tertiary/aromatic N) is 2. The third kappa shape index (κ3) is 6.91. The first kappa shape index (κ1) is 27.6. The first-order chi connectivity index (χ1) is 18.7. The molecule has 9 heteroatoms. The summed E-state index contributed by atoms with van der Waals surface area (Å²) in [6.07, 6.45) is 1.62. The summed E-state index contributed by atoms with van der Waals surface area (Å²) >= 11 is 6.17. The third-order valence-corrected chi connectivity index (χ3v) is 6.29. The highest BCUT2D eigenvalue weighted by Gasteiger charge is 2.20. The van der Waals surface area contributed by atoms with Gasteiger partial charge in [-0.2, -0.15) is 0 Å². The summed E-state index contributed by atoms with van der Waals surface area (Å²) < 4.78 is 39.5. The maximum atomic E-state index is 14.5. The molecule has 0 aliphatic heterocycles. The van der Waals surface area contributed by atoms with Crippen LogP contribution < -0.4 is 14.4 Å². The summed E-state index contributed by atoms with van der Waals surface area (Å²) in [7, 11) is 0. The predicted octanol–water partition coefficient (Wildman–Crippen LogP) is 8.40. The maximum absolute atomic E-state index is 14.5. The fraction of sp³-hybridized carbons (Fsp3) is 0.133. The standard InChI is InChI=1S/C30H25ClF2N2O4/c1-3-15-38-30-17-25(13-14-26(30)31)39-24-11-7-21(8-12-24)18-34(19-22-9-10-23(32)16-27(22)33)28-5-4-6-29(20(28)2)35(36)37/h3-14,16-17H,1,15,18-19H2,2H3. The second-order valence-corrected chi connectivity index (χ2v) is 9.12. The fourth-order valence-electron chi connectivity index (χ4n) is 4.06. The lowest BCUT2D eigenvalue weighted by Crippen LogP contribution is -2.24. The van der Waals surface area contributed by atoms with Crippen molar-refractivity contribution in [1.29, 1.82) is 0 Å². The number of hydrogen-bond donors (Lipinski definition) is 0. The van der Waals surface area contributed by atoms with E-state index in [1.807, 2.05) is 17.0 Å². The molecule has 0 radical (unpaired) electrons. The van der Waals surface area contributed by atoms with Gasteiger partial charge in [-0.3, -0.25) is 10.1 Å². The molecule has 4 rings (SSSR count). The van der Waals surface area contributed by atoms with Gasteiger partial charge in [0.25, 0.3) is 5.69 Å². The lowest BCUT2D eigenvalue weighted by Gasteiger charge is -2.27. The van der Waals surface area contributed by atoms with E-state index in [9.17, 15) is 18.9 Å². The van der Waals surface area contributed by atoms with E-state index in [0.717, 1.165) is 11.6 Å². The summed E-state index contributed by atoms with van der Waals surface area (Å²) in [4.78, 5) is 12.9. The van der Waals surface area contributed by atoms with E-state index in [4.69, 9.17) is 21.1 Å². The van der Waals surface area contributed by atoms with Crippen molar-refractivity contribution in [2.24, 2.45) is 0 Å². The Balaban J connectivity index is 1.58. The highest BCUT2D eigenvalue weighted by Crippen LogP contribution is 2.33. The Morgan fingerprint density at radius 3 is 2.44 bits per heavy atom. The highest BCUT2D eigenvalue weighted by atomic mass is 35.5. The number of nitro groups is 1. The van der Waals surface area contributed by atoms with Gasteiger partial charge in [0.1, 0.15) is 35.5 Å². The van der Waals surface area contributed by atoms with Crippen LogP contribution in [-0.4, -0.2) is 11.5 Å². The molecule has 0 saturated carbocycles. The molecule has 0 atom stereocenters. The lowest BCUT2D eigenvalue weighted by molar-refractivity contribution is -0.385. The number of rotatable bonds is 11. The van der Waals surface area contributed by atoms with E-state index in [2.05, 4.69) is 6.58 Å². The van der Waals surface area contributed by atoms with Crippen molar-refractivity contribution < 1.29 is 23.2 Å². The zero-order valence-electron chi connectivity index (χ0n) is 21.1. The number of hydrogen-bond acceptors (Lipinski definition) is 5. The first-order valence-corrected chi connectivity index (χ1v) is 12.4. The van der Waals surface area contributed by atoms with Crippen molar-refractivity contribution in [3.63, 3.8) is 0 Å². The molecule has 0 bridgehead atoms. The van der Waals surface area contributed by atoms with Crippen LogP contribution in [0.4, 0.5) is 20.2 Å². The number of nitro benzene ring substituents is 1. The normalized spacial score (nSPS) is 10.7. The van der Waals surface area contributed by atoms with Crippen molar-refractivity contribution in [2.45, 2.75) is 20.0 Å². The van der Waals surface area contributed by atoms with Gasteiger partial charge in [0.15, 0.2) is 0 Å². The molecule has 0 amide bonds. The summed E-state index contributed by atoms with van der Waals surface area (Å²) in [5.74, 6) is 0.211. The topological polar surface area (TPSA) is 64.8 Å². The second kappa shape index (κ2) is 12.4. The molecule has 0 saturated heterocycles. The van der Waals surface area contributed by atoms with E-state index in [1.54, 1.807) is 55.5 Å². The average molecular weight is 551 g/mol. The van der Waals surface area contributed by atoms with E-state index in [-0.39, 0.29) is 17.8 Å². The van der Waals surface area contributed by atoms with Gasteiger partial charge in [-0.05, 0) is 48.9 Å². The Hall–Kier alpha value is -4.43. The molecule has 6 nitrogen and oxygen atoms in total. The second-order valence-electron chi connectivity index (χ2n) is 8.71. The highest BCUT2D eigenvalue weighted by molar-refractivity contribution is 6.32. The minimum absolute atomic E-state index is 0.0415. The van der Waals surface area contributed by atoms with Gasteiger partial charge in [0.05, 0.1) is 15.5 Å². The van der Waals surface area contributed by atoms with Gasteiger partial charge in [-0.25, -0.2) is 8.78 Å². The molecule has 0 spiro atoms. The van der Waals surface area contributed by atoms with Crippen LogP contribution in [0.5, 0.6) is 17.2 Å². The van der Waals surface area contributed by atoms with Gasteiger partial charge in [-0.1, -0.05) is 48.5 Å². The quantitative estimate of drug-likeness (QED) is 0.107. The van der Waals surface area contributed by atoms with Gasteiger partial charge >= 0.3 is 0 Å². The number of anilines is 1. The van der Waals surface area contributed by atoms with Crippen LogP contribution in [-0.2, 0) is 13.1 Å². The molecule has 0 heterocycles. The first-order valence-electron chi connectivity index (χ1n) is 12.0. The van der Waals surface area contributed by atoms with Crippen molar-refractivity contribution in [2.75, 3.05) is 11.5 Å². The zero-order chi connectivity index (χ0) is 27.9. The minimum atomic E-state index is -0.689. The van der Waals surface area contributed by atoms with Crippen molar-refractivity contribution in [3.8, 4) is 17.2 Å². The minimum Gasteiger partial charge on any atom is -0.488 e. The number of ether oxygens (including phenoxy) is 2. The number of benzene rings is 4. The molecule has 0 fully saturated rings. The zero-order valence-corrected chi connectivity index (χ0v) is 21.8.